The van der Waals surface area contributed by atoms with Crippen LogP contribution in [0.3, 0.4) is 0 Å². The SMILES string of the molecule is Cc1nn(C)c2ccc(C(C)C)nc12. The van der Waals surface area contributed by atoms with Gasteiger partial charge < -0.3 is 0 Å². The Balaban J connectivity index is 2.71. The third kappa shape index (κ3) is 1.29. The van der Waals surface area contributed by atoms with Gasteiger partial charge in [-0.2, -0.15) is 5.10 Å². The largest absolute Gasteiger partial charge is 0.266 e. The second-order valence-corrected chi connectivity index (χ2v) is 3.97. The summed E-state index contributed by atoms with van der Waals surface area (Å²) in [5, 5.41) is 4.34. The van der Waals surface area contributed by atoms with Crippen molar-refractivity contribution in [3.05, 3.63) is 23.5 Å². The first-order chi connectivity index (χ1) is 6.59. The van der Waals surface area contributed by atoms with Crippen LogP contribution in [0.5, 0.6) is 0 Å². The van der Waals surface area contributed by atoms with Crippen molar-refractivity contribution in [1.82, 2.24) is 14.8 Å². The summed E-state index contributed by atoms with van der Waals surface area (Å²) < 4.78 is 1.88. The van der Waals surface area contributed by atoms with Gasteiger partial charge in [0.25, 0.3) is 0 Å². The summed E-state index contributed by atoms with van der Waals surface area (Å²) >= 11 is 0. The lowest BCUT2D eigenvalue weighted by molar-refractivity contribution is 0.783. The predicted octanol–water partition coefficient (Wildman–Crippen LogP) is 2.40. The van der Waals surface area contributed by atoms with Crippen molar-refractivity contribution in [1.29, 1.82) is 0 Å². The van der Waals surface area contributed by atoms with E-state index in [4.69, 9.17) is 0 Å². The number of aromatic nitrogens is 3. The highest BCUT2D eigenvalue weighted by Crippen LogP contribution is 2.19. The summed E-state index contributed by atoms with van der Waals surface area (Å²) in [6.45, 7) is 6.30. The lowest BCUT2D eigenvalue weighted by atomic mass is 10.1. The van der Waals surface area contributed by atoms with Crippen LogP contribution in [-0.4, -0.2) is 14.8 Å². The minimum absolute atomic E-state index is 0.471. The van der Waals surface area contributed by atoms with Crippen LogP contribution in [-0.2, 0) is 7.05 Å². The second kappa shape index (κ2) is 3.08. The molecule has 0 unspecified atom stereocenters. The summed E-state index contributed by atoms with van der Waals surface area (Å²) in [6.07, 6.45) is 0. The van der Waals surface area contributed by atoms with Gasteiger partial charge in [0, 0.05) is 12.7 Å². The maximum atomic E-state index is 4.61. The Bertz CT molecular complexity index is 469. The van der Waals surface area contributed by atoms with Gasteiger partial charge in [-0.15, -0.1) is 0 Å². The quantitative estimate of drug-likeness (QED) is 0.689. The molecule has 2 aromatic rings. The fourth-order valence-corrected chi connectivity index (χ4v) is 1.64. The Labute approximate surface area is 83.8 Å². The van der Waals surface area contributed by atoms with E-state index in [1.807, 2.05) is 18.7 Å². The molecule has 0 aliphatic rings. The van der Waals surface area contributed by atoms with Crippen LogP contribution >= 0.6 is 0 Å². The molecule has 0 aliphatic carbocycles. The van der Waals surface area contributed by atoms with Crippen molar-refractivity contribution in [2.45, 2.75) is 26.7 Å². The zero-order valence-electron chi connectivity index (χ0n) is 9.07. The number of nitrogens with zero attached hydrogens (tertiary/aromatic N) is 3. The predicted molar refractivity (Wildman–Crippen MR) is 57.3 cm³/mol. The molecule has 0 spiro atoms. The Morgan fingerprint density at radius 2 is 2.00 bits per heavy atom. The van der Waals surface area contributed by atoms with Crippen molar-refractivity contribution in [2.75, 3.05) is 0 Å². The van der Waals surface area contributed by atoms with Gasteiger partial charge in [-0.05, 0) is 25.0 Å². The zero-order valence-corrected chi connectivity index (χ0v) is 9.07. The van der Waals surface area contributed by atoms with Crippen LogP contribution in [0.25, 0.3) is 11.0 Å². The number of aryl methyl sites for hydroxylation is 2. The van der Waals surface area contributed by atoms with Crippen LogP contribution in [0.2, 0.25) is 0 Å². The van der Waals surface area contributed by atoms with Crippen molar-refractivity contribution in [2.24, 2.45) is 7.05 Å². The first-order valence-corrected chi connectivity index (χ1v) is 4.90. The molecule has 0 N–H and O–H groups in total. The van der Waals surface area contributed by atoms with Crippen LogP contribution in [0.4, 0.5) is 0 Å². The smallest absolute Gasteiger partial charge is 0.111 e. The molecule has 0 aromatic carbocycles. The average Bonchev–Trinajstić information content (AvgIpc) is 2.42. The molecule has 74 valence electrons. The first-order valence-electron chi connectivity index (χ1n) is 4.90. The molecule has 2 heterocycles. The number of rotatable bonds is 1. The van der Waals surface area contributed by atoms with Crippen molar-refractivity contribution >= 4 is 11.0 Å². The van der Waals surface area contributed by atoms with Crippen molar-refractivity contribution < 1.29 is 0 Å². The van der Waals surface area contributed by atoms with Crippen LogP contribution in [0, 0.1) is 6.92 Å². The molecule has 0 saturated carbocycles. The van der Waals surface area contributed by atoms with Crippen molar-refractivity contribution in [3.8, 4) is 0 Å². The van der Waals surface area contributed by atoms with E-state index in [-0.39, 0.29) is 0 Å². The number of hydrogen-bond acceptors (Lipinski definition) is 2. The monoisotopic (exact) mass is 189 g/mol. The highest BCUT2D eigenvalue weighted by Gasteiger charge is 2.08. The molecule has 0 aliphatic heterocycles. The molecule has 2 aromatic heterocycles. The minimum Gasteiger partial charge on any atom is -0.266 e. The molecule has 0 amide bonds. The number of hydrogen-bond donors (Lipinski definition) is 0. The molecule has 0 bridgehead atoms. The highest BCUT2D eigenvalue weighted by molar-refractivity contribution is 5.77. The molecule has 0 fully saturated rings. The zero-order chi connectivity index (χ0) is 10.3. The lowest BCUT2D eigenvalue weighted by Crippen LogP contribution is -1.93. The lowest BCUT2D eigenvalue weighted by Gasteiger charge is -2.03. The van der Waals surface area contributed by atoms with E-state index < -0.39 is 0 Å². The molecule has 2 rings (SSSR count). The Kier molecular flexibility index (Phi) is 2.02. The Hall–Kier alpha value is -1.38. The van der Waals surface area contributed by atoms with E-state index >= 15 is 0 Å². The van der Waals surface area contributed by atoms with Crippen LogP contribution in [0.15, 0.2) is 12.1 Å². The maximum Gasteiger partial charge on any atom is 0.111 e. The van der Waals surface area contributed by atoms with Gasteiger partial charge in [0.05, 0.1) is 11.2 Å². The van der Waals surface area contributed by atoms with E-state index in [9.17, 15) is 0 Å². The van der Waals surface area contributed by atoms with Gasteiger partial charge in [0.15, 0.2) is 0 Å². The van der Waals surface area contributed by atoms with Gasteiger partial charge in [-0.1, -0.05) is 13.8 Å². The fourth-order valence-electron chi connectivity index (χ4n) is 1.64. The van der Waals surface area contributed by atoms with Gasteiger partial charge in [-0.25, -0.2) is 4.98 Å². The first kappa shape index (κ1) is 9.19. The normalized spacial score (nSPS) is 11.5. The van der Waals surface area contributed by atoms with Gasteiger partial charge in [-0.3, -0.25) is 4.68 Å². The van der Waals surface area contributed by atoms with Crippen LogP contribution < -0.4 is 0 Å². The van der Waals surface area contributed by atoms with Crippen molar-refractivity contribution in [3.63, 3.8) is 0 Å². The minimum atomic E-state index is 0.471. The topological polar surface area (TPSA) is 30.7 Å². The van der Waals surface area contributed by atoms with Gasteiger partial charge in [0.2, 0.25) is 0 Å². The van der Waals surface area contributed by atoms with E-state index in [1.54, 1.807) is 0 Å². The third-order valence-corrected chi connectivity index (χ3v) is 2.48. The fraction of sp³-hybridized carbons (Fsp3) is 0.455. The number of fused-ring (bicyclic) bond motifs is 1. The van der Waals surface area contributed by atoms with E-state index in [0.29, 0.717) is 5.92 Å². The van der Waals surface area contributed by atoms with E-state index in [2.05, 4.69) is 36.1 Å². The molecule has 0 radical (unpaired) electrons. The molecule has 3 heteroatoms. The third-order valence-electron chi connectivity index (χ3n) is 2.48. The second-order valence-electron chi connectivity index (χ2n) is 3.97. The average molecular weight is 189 g/mol. The van der Waals surface area contributed by atoms with Gasteiger partial charge in [0.1, 0.15) is 5.52 Å². The molecule has 3 nitrogen and oxygen atoms in total. The standard InChI is InChI=1S/C11H15N3/c1-7(2)9-5-6-10-11(12-9)8(3)13-14(10)4/h5-7H,1-4H3. The maximum absolute atomic E-state index is 4.61. The summed E-state index contributed by atoms with van der Waals surface area (Å²) in [5.74, 6) is 0.471. The summed E-state index contributed by atoms with van der Waals surface area (Å²) in [4.78, 5) is 4.61. The molecular formula is C11H15N3. The summed E-state index contributed by atoms with van der Waals surface area (Å²) in [6, 6.07) is 4.17. The summed E-state index contributed by atoms with van der Waals surface area (Å²) in [7, 11) is 1.95. The Morgan fingerprint density at radius 3 is 2.64 bits per heavy atom. The van der Waals surface area contributed by atoms with E-state index in [1.165, 1.54) is 0 Å². The molecule has 0 atom stereocenters. The summed E-state index contributed by atoms with van der Waals surface area (Å²) in [5.41, 5.74) is 4.27. The Morgan fingerprint density at radius 1 is 1.29 bits per heavy atom. The number of pyridine rings is 1. The van der Waals surface area contributed by atoms with Crippen LogP contribution in [0.1, 0.15) is 31.2 Å². The van der Waals surface area contributed by atoms with Gasteiger partial charge >= 0.3 is 0 Å². The molecule has 0 saturated heterocycles. The molecule has 14 heavy (non-hydrogen) atoms. The van der Waals surface area contributed by atoms with E-state index in [0.717, 1.165) is 22.4 Å². The molecular weight excluding hydrogens is 174 g/mol. The highest BCUT2D eigenvalue weighted by atomic mass is 15.3.